The first-order valence-corrected chi connectivity index (χ1v) is 19.9. The fourth-order valence-electron chi connectivity index (χ4n) is 8.65. The summed E-state index contributed by atoms with van der Waals surface area (Å²) in [5, 5.41) is 4.24. The molecule has 58 heavy (non-hydrogen) atoms. The van der Waals surface area contributed by atoms with Crippen molar-refractivity contribution in [3.63, 3.8) is 0 Å². The van der Waals surface area contributed by atoms with Crippen molar-refractivity contribution in [3.05, 3.63) is 174 Å². The van der Waals surface area contributed by atoms with E-state index in [9.17, 15) is 0 Å². The summed E-state index contributed by atoms with van der Waals surface area (Å²) in [5.41, 5.74) is 14.4. The van der Waals surface area contributed by atoms with Crippen LogP contribution in [0, 0.1) is 0 Å². The van der Waals surface area contributed by atoms with Gasteiger partial charge in [0.05, 0.1) is 0 Å². The Hall–Kier alpha value is -7.37. The lowest BCUT2D eigenvalue weighted by Gasteiger charge is -2.17. The van der Waals surface area contributed by atoms with Crippen molar-refractivity contribution in [2.45, 2.75) is 26.2 Å². The minimum Gasteiger partial charge on any atom is -0.456 e. The maximum absolute atomic E-state index is 6.65. The number of benzene rings is 7. The fraction of sp³-hybridized carbons (Fsp3) is 0.0755. The lowest BCUT2D eigenvalue weighted by Crippen LogP contribution is -2.00. The smallest absolute Gasteiger partial charge is 0.164 e. The number of fused-ring (bicyclic) bond motifs is 7. The van der Waals surface area contributed by atoms with Crippen LogP contribution in [0.2, 0.25) is 0 Å². The van der Waals surface area contributed by atoms with Gasteiger partial charge in [0, 0.05) is 38.2 Å². The van der Waals surface area contributed by atoms with Crippen molar-refractivity contribution >= 4 is 56.0 Å². The molecule has 0 bridgehead atoms. The Morgan fingerprint density at radius 2 is 1.14 bits per heavy atom. The summed E-state index contributed by atoms with van der Waals surface area (Å²) in [6.07, 6.45) is 9.73. The van der Waals surface area contributed by atoms with E-state index in [1.165, 1.54) is 22.3 Å². The molecule has 0 spiro atoms. The van der Waals surface area contributed by atoms with E-state index < -0.39 is 0 Å². The Balaban J connectivity index is 1.04. The lowest BCUT2D eigenvalue weighted by molar-refractivity contribution is 0.667. The Kier molecular flexibility index (Phi) is 8.00. The van der Waals surface area contributed by atoms with Crippen molar-refractivity contribution in [1.82, 2.24) is 15.0 Å². The molecular formula is C53H37N3O2. The van der Waals surface area contributed by atoms with Gasteiger partial charge in [0.25, 0.3) is 0 Å². The second-order valence-electron chi connectivity index (χ2n) is 15.1. The molecule has 0 saturated carbocycles. The Morgan fingerprint density at radius 3 is 1.91 bits per heavy atom. The highest BCUT2D eigenvalue weighted by Crippen LogP contribution is 2.43. The third-order valence-corrected chi connectivity index (χ3v) is 11.5. The van der Waals surface area contributed by atoms with Crippen LogP contribution in [0.4, 0.5) is 0 Å². The Labute approximate surface area is 335 Å². The molecule has 5 nitrogen and oxygen atoms in total. The first kappa shape index (κ1) is 33.9. The maximum atomic E-state index is 6.65. The molecule has 11 rings (SSSR count). The number of aromatic nitrogens is 3. The standard InChI is InChI=1S/C53H37N3O2/c1-3-12-33-14-7-8-18-39(33)34-23-25-36(26-24-34)52-54-51(35-15-5-4-6-16-35)55-53(56-52)42-20-11-22-46-50(42)41-28-27-38(30-47(41)57-46)40-19-10-21-45-49(40)44-31-43-32(2)13-9-17-37(43)29-48(44)58-45/h3-12,14-32H,13H2,1-2H3/b12-3-. The van der Waals surface area contributed by atoms with Crippen LogP contribution in [0.3, 0.4) is 0 Å². The molecule has 1 atom stereocenters. The number of nitrogens with zero attached hydrogens (tertiary/aromatic N) is 3. The van der Waals surface area contributed by atoms with Gasteiger partial charge in [0.1, 0.15) is 22.3 Å². The van der Waals surface area contributed by atoms with Crippen LogP contribution in [0.15, 0.2) is 167 Å². The van der Waals surface area contributed by atoms with E-state index in [0.717, 1.165) is 83.7 Å². The molecule has 0 aliphatic heterocycles. The summed E-state index contributed by atoms with van der Waals surface area (Å²) in [5.74, 6) is 2.27. The minimum atomic E-state index is 0.462. The van der Waals surface area contributed by atoms with E-state index in [4.69, 9.17) is 23.8 Å². The van der Waals surface area contributed by atoms with Crippen molar-refractivity contribution in [1.29, 1.82) is 0 Å². The van der Waals surface area contributed by atoms with Crippen molar-refractivity contribution < 1.29 is 8.83 Å². The van der Waals surface area contributed by atoms with Gasteiger partial charge in [0.2, 0.25) is 0 Å². The zero-order chi connectivity index (χ0) is 38.7. The van der Waals surface area contributed by atoms with E-state index in [-0.39, 0.29) is 0 Å². The number of rotatable bonds is 6. The van der Waals surface area contributed by atoms with Crippen molar-refractivity contribution in [2.24, 2.45) is 0 Å². The summed E-state index contributed by atoms with van der Waals surface area (Å²) >= 11 is 0. The van der Waals surface area contributed by atoms with E-state index in [0.29, 0.717) is 23.4 Å². The fourth-order valence-corrected chi connectivity index (χ4v) is 8.65. The molecule has 0 saturated heterocycles. The van der Waals surface area contributed by atoms with Gasteiger partial charge in [-0.1, -0.05) is 140 Å². The first-order valence-electron chi connectivity index (χ1n) is 19.9. The number of allylic oxidation sites excluding steroid dienone is 2. The average Bonchev–Trinajstić information content (AvgIpc) is 3.84. The topological polar surface area (TPSA) is 65.0 Å². The van der Waals surface area contributed by atoms with E-state index in [2.05, 4.69) is 134 Å². The highest BCUT2D eigenvalue weighted by atomic mass is 16.3. The van der Waals surface area contributed by atoms with Gasteiger partial charge >= 0.3 is 0 Å². The van der Waals surface area contributed by atoms with Gasteiger partial charge < -0.3 is 8.83 Å². The van der Waals surface area contributed by atoms with E-state index >= 15 is 0 Å². The minimum absolute atomic E-state index is 0.462. The molecule has 5 heteroatoms. The van der Waals surface area contributed by atoms with Crippen LogP contribution in [-0.2, 0) is 0 Å². The zero-order valence-corrected chi connectivity index (χ0v) is 32.1. The van der Waals surface area contributed by atoms with Crippen LogP contribution in [0.5, 0.6) is 0 Å². The van der Waals surface area contributed by atoms with Gasteiger partial charge in [0.15, 0.2) is 17.5 Å². The molecule has 276 valence electrons. The molecule has 10 aromatic rings. The molecular weight excluding hydrogens is 711 g/mol. The monoisotopic (exact) mass is 747 g/mol. The van der Waals surface area contributed by atoms with Crippen molar-refractivity contribution in [3.8, 4) is 56.4 Å². The van der Waals surface area contributed by atoms with Gasteiger partial charge in [-0.3, -0.25) is 0 Å². The van der Waals surface area contributed by atoms with Crippen LogP contribution in [-0.4, -0.2) is 15.0 Å². The zero-order valence-electron chi connectivity index (χ0n) is 32.1. The van der Waals surface area contributed by atoms with Crippen LogP contribution < -0.4 is 0 Å². The molecule has 1 aliphatic rings. The Morgan fingerprint density at radius 1 is 0.517 bits per heavy atom. The van der Waals surface area contributed by atoms with Crippen LogP contribution in [0.1, 0.15) is 42.9 Å². The predicted octanol–water partition coefficient (Wildman–Crippen LogP) is 14.6. The van der Waals surface area contributed by atoms with Crippen molar-refractivity contribution in [2.75, 3.05) is 0 Å². The molecule has 7 aromatic carbocycles. The third-order valence-electron chi connectivity index (χ3n) is 11.5. The largest absolute Gasteiger partial charge is 0.456 e. The quantitative estimate of drug-likeness (QED) is 0.169. The van der Waals surface area contributed by atoms with Gasteiger partial charge in [-0.05, 0) is 94.6 Å². The highest BCUT2D eigenvalue weighted by molar-refractivity contribution is 6.15. The summed E-state index contributed by atoms with van der Waals surface area (Å²) in [6.45, 7) is 4.34. The molecule has 0 radical (unpaired) electrons. The van der Waals surface area contributed by atoms with E-state index in [1.807, 2.05) is 49.4 Å². The molecule has 1 aliphatic carbocycles. The summed E-state index contributed by atoms with van der Waals surface area (Å²) in [4.78, 5) is 15.3. The van der Waals surface area contributed by atoms with Gasteiger partial charge in [-0.15, -0.1) is 0 Å². The molecule has 3 heterocycles. The van der Waals surface area contributed by atoms with Crippen LogP contribution >= 0.6 is 0 Å². The average molecular weight is 748 g/mol. The molecule has 0 amide bonds. The van der Waals surface area contributed by atoms with E-state index in [1.54, 1.807) is 0 Å². The first-order chi connectivity index (χ1) is 28.6. The number of hydrogen-bond donors (Lipinski definition) is 0. The lowest BCUT2D eigenvalue weighted by atomic mass is 9.87. The highest BCUT2D eigenvalue weighted by Gasteiger charge is 2.21. The second-order valence-corrected chi connectivity index (χ2v) is 15.1. The SMILES string of the molecule is C/C=C\c1ccccc1-c1ccc(-c2nc(-c3ccccc3)nc(-c3cccc4oc5cc(-c6cccc7oc8cc9c(cc8c67)C(C)CC=C9)ccc5c34)n2)cc1. The summed E-state index contributed by atoms with van der Waals surface area (Å²) < 4.78 is 13.1. The molecule has 0 N–H and O–H groups in total. The summed E-state index contributed by atoms with van der Waals surface area (Å²) in [6, 6.07) is 50.5. The molecule has 3 aromatic heterocycles. The Bertz CT molecular complexity index is 3280. The normalized spacial score (nSPS) is 14.0. The number of furan rings is 2. The van der Waals surface area contributed by atoms with Gasteiger partial charge in [-0.2, -0.15) is 0 Å². The summed E-state index contributed by atoms with van der Waals surface area (Å²) in [7, 11) is 0. The van der Waals surface area contributed by atoms with Gasteiger partial charge in [-0.25, -0.2) is 15.0 Å². The van der Waals surface area contributed by atoms with Crippen LogP contribution in [0.25, 0.3) is 112 Å². The number of hydrogen-bond acceptors (Lipinski definition) is 5. The predicted molar refractivity (Wildman–Crippen MR) is 238 cm³/mol. The molecule has 1 unspecified atom stereocenters. The maximum Gasteiger partial charge on any atom is 0.164 e. The second kappa shape index (κ2) is 13.7. The third kappa shape index (κ3) is 5.66. The molecule has 0 fully saturated rings.